The van der Waals surface area contributed by atoms with Gasteiger partial charge in [0.25, 0.3) is 0 Å². The molecule has 1 rings (SSSR count). The second-order valence-electron chi connectivity index (χ2n) is 2.38. The van der Waals surface area contributed by atoms with Crippen molar-refractivity contribution in [1.82, 2.24) is 0 Å². The molecular formula is C11H14O. The zero-order valence-electron chi connectivity index (χ0n) is 7.58. The predicted octanol–water partition coefficient (Wildman–Crippen LogP) is 2.92. The first-order valence-corrected chi connectivity index (χ1v) is 3.83. The normalized spacial score (nSPS) is 7.83. The van der Waals surface area contributed by atoms with Gasteiger partial charge in [0, 0.05) is 0 Å². The number of carbonyl (C=O) groups is 1. The summed E-state index contributed by atoms with van der Waals surface area (Å²) < 4.78 is 0. The second kappa shape index (κ2) is 6.35. The van der Waals surface area contributed by atoms with Crippen molar-refractivity contribution in [2.75, 3.05) is 0 Å². The van der Waals surface area contributed by atoms with Gasteiger partial charge in [-0.25, -0.2) is 0 Å². The molecule has 0 heterocycles. The average molecular weight is 162 g/mol. The van der Waals surface area contributed by atoms with E-state index >= 15 is 0 Å². The number of allylic oxidation sites excluding steroid dienone is 1. The van der Waals surface area contributed by atoms with E-state index < -0.39 is 0 Å². The summed E-state index contributed by atoms with van der Waals surface area (Å²) in [5.41, 5.74) is 2.34. The first-order valence-electron chi connectivity index (χ1n) is 3.83. The van der Waals surface area contributed by atoms with Crippen LogP contribution in [-0.2, 0) is 4.79 Å². The predicted molar refractivity (Wildman–Crippen MR) is 52.9 cm³/mol. The minimum Gasteiger partial charge on any atom is -0.304 e. The maximum Gasteiger partial charge on any atom is 0.116 e. The van der Waals surface area contributed by atoms with E-state index in [0.29, 0.717) is 0 Å². The van der Waals surface area contributed by atoms with E-state index in [-0.39, 0.29) is 0 Å². The molecule has 0 atom stereocenters. The SMILES string of the molecule is C=C(C)c1ccccc1.CC=O. The Morgan fingerprint density at radius 3 is 2.00 bits per heavy atom. The van der Waals surface area contributed by atoms with Crippen molar-refractivity contribution < 1.29 is 4.79 Å². The number of carbonyl (C=O) groups excluding carboxylic acids is 1. The lowest BCUT2D eigenvalue weighted by molar-refractivity contribution is -0.106. The molecule has 1 aromatic carbocycles. The molecule has 0 aliphatic heterocycles. The molecular weight excluding hydrogens is 148 g/mol. The van der Waals surface area contributed by atoms with Gasteiger partial charge < -0.3 is 4.79 Å². The van der Waals surface area contributed by atoms with Crippen LogP contribution in [-0.4, -0.2) is 6.29 Å². The summed E-state index contributed by atoms with van der Waals surface area (Å²) in [6.45, 7) is 7.28. The van der Waals surface area contributed by atoms with Crippen molar-refractivity contribution in [3.05, 3.63) is 42.5 Å². The van der Waals surface area contributed by atoms with Gasteiger partial charge in [0.1, 0.15) is 6.29 Å². The first kappa shape index (κ1) is 10.6. The third kappa shape index (κ3) is 4.45. The largest absolute Gasteiger partial charge is 0.304 e. The summed E-state index contributed by atoms with van der Waals surface area (Å²) in [5, 5.41) is 0. The van der Waals surface area contributed by atoms with Crippen LogP contribution in [0.5, 0.6) is 0 Å². The van der Waals surface area contributed by atoms with Crippen molar-refractivity contribution in [3.8, 4) is 0 Å². The summed E-state index contributed by atoms with van der Waals surface area (Å²) in [6, 6.07) is 10.2. The van der Waals surface area contributed by atoms with Crippen molar-refractivity contribution in [3.63, 3.8) is 0 Å². The number of hydrogen-bond acceptors (Lipinski definition) is 1. The maximum absolute atomic E-state index is 8.81. The molecule has 0 aliphatic rings. The highest BCUT2D eigenvalue weighted by atomic mass is 16.1. The lowest BCUT2D eigenvalue weighted by Crippen LogP contribution is -1.72. The third-order valence-corrected chi connectivity index (χ3v) is 1.27. The fourth-order valence-electron chi connectivity index (χ4n) is 0.723. The highest BCUT2D eigenvalue weighted by Gasteiger charge is 1.86. The Balaban J connectivity index is 0.000000354. The quantitative estimate of drug-likeness (QED) is 0.580. The van der Waals surface area contributed by atoms with E-state index in [1.165, 1.54) is 12.5 Å². The summed E-state index contributed by atoms with van der Waals surface area (Å²) in [4.78, 5) is 8.81. The van der Waals surface area contributed by atoms with Crippen LogP contribution in [0.1, 0.15) is 19.4 Å². The molecule has 0 aromatic heterocycles. The molecule has 0 saturated carbocycles. The van der Waals surface area contributed by atoms with Crippen molar-refractivity contribution in [2.24, 2.45) is 0 Å². The van der Waals surface area contributed by atoms with E-state index in [4.69, 9.17) is 4.79 Å². The smallest absolute Gasteiger partial charge is 0.116 e. The number of aldehydes is 1. The molecule has 1 nitrogen and oxygen atoms in total. The molecule has 0 saturated heterocycles. The van der Waals surface area contributed by atoms with Gasteiger partial charge in [0.15, 0.2) is 0 Å². The second-order valence-corrected chi connectivity index (χ2v) is 2.38. The Labute approximate surface area is 73.7 Å². The van der Waals surface area contributed by atoms with Gasteiger partial charge in [-0.15, -0.1) is 0 Å². The Hall–Kier alpha value is -1.37. The van der Waals surface area contributed by atoms with Crippen LogP contribution >= 0.6 is 0 Å². The van der Waals surface area contributed by atoms with Crippen LogP contribution in [0.25, 0.3) is 5.57 Å². The molecule has 0 unspecified atom stereocenters. The summed E-state index contributed by atoms with van der Waals surface area (Å²) in [6.07, 6.45) is 0.750. The van der Waals surface area contributed by atoms with Crippen molar-refractivity contribution in [1.29, 1.82) is 0 Å². The lowest BCUT2D eigenvalue weighted by atomic mass is 10.1. The number of hydrogen-bond donors (Lipinski definition) is 0. The average Bonchev–Trinajstić information content (AvgIpc) is 2.07. The van der Waals surface area contributed by atoms with E-state index in [0.717, 1.165) is 11.9 Å². The van der Waals surface area contributed by atoms with E-state index in [1.54, 1.807) is 0 Å². The van der Waals surface area contributed by atoms with Crippen molar-refractivity contribution in [2.45, 2.75) is 13.8 Å². The summed E-state index contributed by atoms with van der Waals surface area (Å²) in [5.74, 6) is 0. The molecule has 12 heavy (non-hydrogen) atoms. The van der Waals surface area contributed by atoms with Crippen molar-refractivity contribution >= 4 is 11.9 Å². The van der Waals surface area contributed by atoms with Crippen LogP contribution in [0.2, 0.25) is 0 Å². The van der Waals surface area contributed by atoms with E-state index in [1.807, 2.05) is 25.1 Å². The van der Waals surface area contributed by atoms with Crippen LogP contribution in [0, 0.1) is 0 Å². The summed E-state index contributed by atoms with van der Waals surface area (Å²) in [7, 11) is 0. The molecule has 0 amide bonds. The molecule has 0 N–H and O–H groups in total. The minimum atomic E-state index is 0.750. The third-order valence-electron chi connectivity index (χ3n) is 1.27. The molecule has 0 spiro atoms. The van der Waals surface area contributed by atoms with E-state index in [2.05, 4.69) is 18.7 Å². The minimum absolute atomic E-state index is 0.750. The Kier molecular flexibility index (Phi) is 5.62. The first-order chi connectivity index (χ1) is 5.72. The molecule has 1 heteroatoms. The maximum atomic E-state index is 8.81. The highest BCUT2D eigenvalue weighted by molar-refractivity contribution is 5.60. The van der Waals surface area contributed by atoms with Crippen LogP contribution in [0.4, 0.5) is 0 Å². The Bertz CT molecular complexity index is 236. The topological polar surface area (TPSA) is 17.1 Å². The molecule has 64 valence electrons. The standard InChI is InChI=1S/C9H10.C2H4O/c1-8(2)9-6-4-3-5-7-9;1-2-3/h3-7H,1H2,2H3;2H,1H3. The van der Waals surface area contributed by atoms with Gasteiger partial charge in [-0.1, -0.05) is 42.5 Å². The van der Waals surface area contributed by atoms with Gasteiger partial charge in [-0.3, -0.25) is 0 Å². The molecule has 0 aliphatic carbocycles. The summed E-state index contributed by atoms with van der Waals surface area (Å²) >= 11 is 0. The molecule has 0 radical (unpaired) electrons. The van der Waals surface area contributed by atoms with Gasteiger partial charge >= 0.3 is 0 Å². The molecule has 0 bridgehead atoms. The van der Waals surface area contributed by atoms with Gasteiger partial charge in [-0.05, 0) is 19.4 Å². The monoisotopic (exact) mass is 162 g/mol. The number of rotatable bonds is 1. The fourth-order valence-corrected chi connectivity index (χ4v) is 0.723. The zero-order chi connectivity index (χ0) is 9.40. The van der Waals surface area contributed by atoms with Gasteiger partial charge in [-0.2, -0.15) is 0 Å². The Morgan fingerprint density at radius 1 is 1.33 bits per heavy atom. The fraction of sp³-hybridized carbons (Fsp3) is 0.182. The molecule has 1 aromatic rings. The van der Waals surface area contributed by atoms with Gasteiger partial charge in [0.2, 0.25) is 0 Å². The van der Waals surface area contributed by atoms with Crippen LogP contribution in [0.15, 0.2) is 36.9 Å². The highest BCUT2D eigenvalue weighted by Crippen LogP contribution is 2.08. The number of benzene rings is 1. The zero-order valence-corrected chi connectivity index (χ0v) is 7.58. The van der Waals surface area contributed by atoms with E-state index in [9.17, 15) is 0 Å². The van der Waals surface area contributed by atoms with Gasteiger partial charge in [0.05, 0.1) is 0 Å². The Morgan fingerprint density at radius 2 is 1.75 bits per heavy atom. The van der Waals surface area contributed by atoms with Crippen LogP contribution in [0.3, 0.4) is 0 Å². The lowest BCUT2D eigenvalue weighted by Gasteiger charge is -1.94. The molecule has 0 fully saturated rings. The van der Waals surface area contributed by atoms with Crippen LogP contribution < -0.4 is 0 Å².